The first-order chi connectivity index (χ1) is 9.08. The Kier molecular flexibility index (Phi) is 3.97. The van der Waals surface area contributed by atoms with E-state index in [1.807, 2.05) is 37.3 Å². The molecule has 0 amide bonds. The van der Waals surface area contributed by atoms with Gasteiger partial charge < -0.3 is 10.4 Å². The van der Waals surface area contributed by atoms with Gasteiger partial charge in [0, 0.05) is 0 Å². The summed E-state index contributed by atoms with van der Waals surface area (Å²) in [4.78, 5) is 18.8. The molecule has 1 atom stereocenters. The third-order valence-corrected chi connectivity index (χ3v) is 2.87. The summed E-state index contributed by atoms with van der Waals surface area (Å²) in [5, 5.41) is 12.0. The second kappa shape index (κ2) is 5.67. The minimum Gasteiger partial charge on any atom is -0.476 e. The average Bonchev–Trinajstić information content (AvgIpc) is 2.41. The van der Waals surface area contributed by atoms with Gasteiger partial charge in [-0.25, -0.2) is 14.8 Å². The molecule has 0 fully saturated rings. The van der Waals surface area contributed by atoms with Crippen molar-refractivity contribution in [2.75, 3.05) is 5.32 Å². The van der Waals surface area contributed by atoms with Crippen molar-refractivity contribution in [2.24, 2.45) is 0 Å². The average molecular weight is 278 g/mol. The van der Waals surface area contributed by atoms with E-state index in [1.54, 1.807) is 0 Å². The minimum absolute atomic E-state index is 0.0189. The Balaban J connectivity index is 2.20. The van der Waals surface area contributed by atoms with Crippen molar-refractivity contribution in [3.63, 3.8) is 0 Å². The number of halogens is 1. The number of aromatic carboxylic acids is 1. The van der Waals surface area contributed by atoms with E-state index >= 15 is 0 Å². The van der Waals surface area contributed by atoms with E-state index in [4.69, 9.17) is 16.7 Å². The minimum atomic E-state index is -1.18. The van der Waals surface area contributed by atoms with Crippen molar-refractivity contribution >= 4 is 23.5 Å². The van der Waals surface area contributed by atoms with Crippen LogP contribution in [0, 0.1) is 0 Å². The molecule has 2 N–H and O–H groups in total. The van der Waals surface area contributed by atoms with E-state index in [1.165, 1.54) is 6.20 Å². The molecule has 1 aromatic carbocycles. The van der Waals surface area contributed by atoms with Crippen molar-refractivity contribution < 1.29 is 9.90 Å². The highest BCUT2D eigenvalue weighted by atomic mass is 35.5. The summed E-state index contributed by atoms with van der Waals surface area (Å²) in [5.41, 5.74) is 0.845. The lowest BCUT2D eigenvalue weighted by atomic mass is 10.1. The van der Waals surface area contributed by atoms with Crippen molar-refractivity contribution in [1.29, 1.82) is 0 Å². The Hall–Kier alpha value is -2.14. The van der Waals surface area contributed by atoms with E-state index in [-0.39, 0.29) is 22.7 Å². The number of anilines is 1. The first-order valence-corrected chi connectivity index (χ1v) is 6.03. The lowest BCUT2D eigenvalue weighted by Gasteiger charge is -2.14. The number of hydrogen-bond acceptors (Lipinski definition) is 4. The molecular weight excluding hydrogens is 266 g/mol. The summed E-state index contributed by atoms with van der Waals surface area (Å²) in [7, 11) is 0. The molecule has 19 heavy (non-hydrogen) atoms. The van der Waals surface area contributed by atoms with Gasteiger partial charge in [-0.05, 0) is 12.5 Å². The van der Waals surface area contributed by atoms with Crippen LogP contribution in [0.2, 0.25) is 5.02 Å². The molecule has 0 saturated heterocycles. The molecule has 0 saturated carbocycles. The lowest BCUT2D eigenvalue weighted by molar-refractivity contribution is 0.0690. The highest BCUT2D eigenvalue weighted by molar-refractivity contribution is 6.33. The monoisotopic (exact) mass is 277 g/mol. The molecule has 0 aliphatic carbocycles. The van der Waals surface area contributed by atoms with Gasteiger partial charge in [-0.15, -0.1) is 0 Å². The van der Waals surface area contributed by atoms with Gasteiger partial charge in [0.15, 0.2) is 5.69 Å². The van der Waals surface area contributed by atoms with Crippen molar-refractivity contribution in [1.82, 2.24) is 9.97 Å². The predicted molar refractivity (Wildman–Crippen MR) is 72.5 cm³/mol. The van der Waals surface area contributed by atoms with Crippen LogP contribution in [-0.2, 0) is 0 Å². The number of benzene rings is 1. The molecule has 1 heterocycles. The third kappa shape index (κ3) is 3.20. The summed E-state index contributed by atoms with van der Waals surface area (Å²) < 4.78 is 0. The molecule has 0 radical (unpaired) electrons. The zero-order valence-electron chi connectivity index (χ0n) is 10.2. The quantitative estimate of drug-likeness (QED) is 0.898. The smallest absolute Gasteiger partial charge is 0.356 e. The van der Waals surface area contributed by atoms with E-state index in [0.29, 0.717) is 0 Å². The van der Waals surface area contributed by atoms with Gasteiger partial charge in [-0.1, -0.05) is 41.9 Å². The fourth-order valence-electron chi connectivity index (χ4n) is 1.61. The maximum absolute atomic E-state index is 10.9. The van der Waals surface area contributed by atoms with Gasteiger partial charge in [0.05, 0.1) is 17.3 Å². The van der Waals surface area contributed by atoms with Crippen LogP contribution >= 0.6 is 11.6 Å². The maximum atomic E-state index is 10.9. The standard InChI is InChI=1S/C13H12ClN3O2/c1-8(9-5-3-2-4-6-9)16-13-15-7-10(14)11(17-13)12(18)19/h2-8H,1H3,(H,18,19)(H,15,16,17)/t8-/m0/s1. The molecule has 0 spiro atoms. The molecule has 2 rings (SSSR count). The Morgan fingerprint density at radius 1 is 1.37 bits per heavy atom. The predicted octanol–water partition coefficient (Wildman–Crippen LogP) is 3.00. The van der Waals surface area contributed by atoms with E-state index in [2.05, 4.69) is 15.3 Å². The molecule has 98 valence electrons. The molecule has 0 bridgehead atoms. The van der Waals surface area contributed by atoms with Crippen molar-refractivity contribution in [2.45, 2.75) is 13.0 Å². The highest BCUT2D eigenvalue weighted by Gasteiger charge is 2.14. The van der Waals surface area contributed by atoms with Gasteiger partial charge in [0.2, 0.25) is 5.95 Å². The number of hydrogen-bond donors (Lipinski definition) is 2. The second-order valence-corrected chi connectivity index (χ2v) is 4.38. The van der Waals surface area contributed by atoms with Gasteiger partial charge in [0.25, 0.3) is 0 Å². The maximum Gasteiger partial charge on any atom is 0.356 e. The van der Waals surface area contributed by atoms with Crippen molar-refractivity contribution in [3.05, 3.63) is 52.8 Å². The Bertz CT molecular complexity index is 590. The molecule has 0 aliphatic rings. The number of nitrogens with zero attached hydrogens (tertiary/aromatic N) is 2. The Morgan fingerprint density at radius 3 is 2.68 bits per heavy atom. The third-order valence-electron chi connectivity index (χ3n) is 2.59. The summed E-state index contributed by atoms with van der Waals surface area (Å²) in [6, 6.07) is 9.68. The van der Waals surface area contributed by atoms with Crippen LogP contribution in [0.4, 0.5) is 5.95 Å². The first-order valence-electron chi connectivity index (χ1n) is 5.65. The summed E-state index contributed by atoms with van der Waals surface area (Å²) >= 11 is 5.71. The lowest BCUT2D eigenvalue weighted by Crippen LogP contribution is -2.12. The molecule has 2 aromatic rings. The van der Waals surface area contributed by atoms with Crippen LogP contribution in [0.25, 0.3) is 0 Å². The Labute approximate surface area is 115 Å². The number of aromatic nitrogens is 2. The molecule has 0 aliphatic heterocycles. The van der Waals surface area contributed by atoms with Gasteiger partial charge in [0.1, 0.15) is 0 Å². The first kappa shape index (κ1) is 13.3. The number of nitrogens with one attached hydrogen (secondary N) is 1. The van der Waals surface area contributed by atoms with E-state index in [0.717, 1.165) is 5.56 Å². The van der Waals surface area contributed by atoms with Crippen molar-refractivity contribution in [3.8, 4) is 0 Å². The van der Waals surface area contributed by atoms with Crippen LogP contribution in [0.5, 0.6) is 0 Å². The fourth-order valence-corrected chi connectivity index (χ4v) is 1.78. The molecule has 5 nitrogen and oxygen atoms in total. The van der Waals surface area contributed by atoms with Gasteiger partial charge in [-0.2, -0.15) is 0 Å². The molecular formula is C13H12ClN3O2. The number of carbonyl (C=O) groups is 1. The SMILES string of the molecule is C[C@H](Nc1ncc(Cl)c(C(=O)O)n1)c1ccccc1. The van der Waals surface area contributed by atoms with Crippen LogP contribution < -0.4 is 5.32 Å². The van der Waals surface area contributed by atoms with Crippen LogP contribution in [0.15, 0.2) is 36.5 Å². The molecule has 1 aromatic heterocycles. The summed E-state index contributed by atoms with van der Waals surface area (Å²) in [5.74, 6) is -0.944. The largest absolute Gasteiger partial charge is 0.476 e. The van der Waals surface area contributed by atoms with Crippen LogP contribution in [0.3, 0.4) is 0 Å². The van der Waals surface area contributed by atoms with E-state index in [9.17, 15) is 4.79 Å². The zero-order valence-corrected chi connectivity index (χ0v) is 10.9. The molecule has 0 unspecified atom stereocenters. The topological polar surface area (TPSA) is 75.1 Å². The highest BCUT2D eigenvalue weighted by Crippen LogP contribution is 2.19. The van der Waals surface area contributed by atoms with E-state index < -0.39 is 5.97 Å². The Morgan fingerprint density at radius 2 is 2.05 bits per heavy atom. The number of rotatable bonds is 4. The number of carboxylic acids is 1. The summed E-state index contributed by atoms with van der Waals surface area (Å²) in [6.07, 6.45) is 1.28. The summed E-state index contributed by atoms with van der Waals surface area (Å²) in [6.45, 7) is 1.94. The normalized spacial score (nSPS) is 11.9. The zero-order chi connectivity index (χ0) is 13.8. The van der Waals surface area contributed by atoms with Gasteiger partial charge >= 0.3 is 5.97 Å². The van der Waals surface area contributed by atoms with Crippen LogP contribution in [-0.4, -0.2) is 21.0 Å². The van der Waals surface area contributed by atoms with Crippen LogP contribution in [0.1, 0.15) is 29.0 Å². The number of carboxylic acid groups (broad SMARTS) is 1. The fraction of sp³-hybridized carbons (Fsp3) is 0.154. The second-order valence-electron chi connectivity index (χ2n) is 3.97. The molecule has 6 heteroatoms. The van der Waals surface area contributed by atoms with Gasteiger partial charge in [-0.3, -0.25) is 0 Å².